The van der Waals surface area contributed by atoms with Crippen LogP contribution in [0.25, 0.3) is 0 Å². The lowest BCUT2D eigenvalue weighted by Crippen LogP contribution is -2.17. The Bertz CT molecular complexity index is 711. The molecular weight excluding hydrogens is 308 g/mol. The number of phenols is 1. The summed E-state index contributed by atoms with van der Waals surface area (Å²) in [5, 5.41) is 13.6. The maximum Gasteiger partial charge on any atom is 0.271 e. The molecule has 0 unspecified atom stereocenters. The molecule has 0 aliphatic carbocycles. The minimum absolute atomic E-state index is 0.0624. The third-order valence-corrected chi connectivity index (χ3v) is 3.09. The summed E-state index contributed by atoms with van der Waals surface area (Å²) in [6.07, 6.45) is 1.48. The van der Waals surface area contributed by atoms with Crippen LogP contribution < -0.4 is 14.9 Å². The predicted octanol–water partition coefficient (Wildman–Crippen LogP) is 2.95. The molecule has 0 heterocycles. The second-order valence-corrected chi connectivity index (χ2v) is 4.82. The summed E-state index contributed by atoms with van der Waals surface area (Å²) in [5.41, 5.74) is 3.63. The fourth-order valence-corrected chi connectivity index (χ4v) is 1.98. The van der Waals surface area contributed by atoms with Crippen molar-refractivity contribution in [3.05, 3.63) is 53.6 Å². The molecule has 2 rings (SSSR count). The monoisotopic (exact) mass is 328 g/mol. The van der Waals surface area contributed by atoms with Gasteiger partial charge in [-0.1, -0.05) is 0 Å². The van der Waals surface area contributed by atoms with Crippen molar-refractivity contribution < 1.29 is 19.4 Å². The molecule has 2 aromatic carbocycles. The number of aromatic hydroxyl groups is 1. The van der Waals surface area contributed by atoms with Crippen LogP contribution >= 0.6 is 0 Å². The molecule has 2 N–H and O–H groups in total. The Hall–Kier alpha value is -3.02. The number of carbonyl (C=O) groups is 1. The van der Waals surface area contributed by atoms with E-state index in [1.807, 2.05) is 13.8 Å². The van der Waals surface area contributed by atoms with E-state index in [-0.39, 0.29) is 11.7 Å². The molecule has 0 fully saturated rings. The highest BCUT2D eigenvalue weighted by Crippen LogP contribution is 2.26. The summed E-state index contributed by atoms with van der Waals surface area (Å²) in [5.74, 6) is 0.829. The van der Waals surface area contributed by atoms with Crippen molar-refractivity contribution in [1.82, 2.24) is 5.43 Å². The van der Waals surface area contributed by atoms with Crippen LogP contribution in [-0.4, -0.2) is 30.4 Å². The molecule has 0 aliphatic rings. The largest absolute Gasteiger partial charge is 0.504 e. The van der Waals surface area contributed by atoms with E-state index >= 15 is 0 Å². The summed E-state index contributed by atoms with van der Waals surface area (Å²) >= 11 is 0. The fraction of sp³-hybridized carbons (Fsp3) is 0.222. The Morgan fingerprint density at radius 3 is 2.50 bits per heavy atom. The average Bonchev–Trinajstić information content (AvgIpc) is 2.59. The summed E-state index contributed by atoms with van der Waals surface area (Å²) in [6.45, 7) is 4.75. The van der Waals surface area contributed by atoms with Gasteiger partial charge in [-0.3, -0.25) is 4.79 Å². The van der Waals surface area contributed by atoms with Gasteiger partial charge in [-0.05, 0) is 61.9 Å². The molecule has 0 aromatic heterocycles. The van der Waals surface area contributed by atoms with Crippen LogP contribution in [0.2, 0.25) is 0 Å². The van der Waals surface area contributed by atoms with Crippen LogP contribution in [0, 0.1) is 0 Å². The van der Waals surface area contributed by atoms with Gasteiger partial charge in [-0.25, -0.2) is 5.43 Å². The van der Waals surface area contributed by atoms with Crippen molar-refractivity contribution in [2.24, 2.45) is 5.10 Å². The second kappa shape index (κ2) is 8.57. The van der Waals surface area contributed by atoms with Gasteiger partial charge in [0, 0.05) is 5.56 Å². The lowest BCUT2D eigenvalue weighted by Gasteiger charge is -2.06. The molecule has 6 heteroatoms. The molecule has 0 radical (unpaired) electrons. The van der Waals surface area contributed by atoms with Gasteiger partial charge in [0.2, 0.25) is 0 Å². The Labute approximate surface area is 140 Å². The molecule has 6 nitrogen and oxygen atoms in total. The smallest absolute Gasteiger partial charge is 0.271 e. The lowest BCUT2D eigenvalue weighted by molar-refractivity contribution is 0.0955. The van der Waals surface area contributed by atoms with Crippen molar-refractivity contribution in [3.63, 3.8) is 0 Å². The molecule has 126 valence electrons. The SMILES string of the molecule is CCOc1ccc(C(=O)N/N=C/c2ccc(O)c(OCC)c2)cc1. The molecular formula is C18H20N2O4. The van der Waals surface area contributed by atoms with Gasteiger partial charge in [-0.2, -0.15) is 5.10 Å². The summed E-state index contributed by atoms with van der Waals surface area (Å²) in [6, 6.07) is 11.6. The summed E-state index contributed by atoms with van der Waals surface area (Å²) in [4.78, 5) is 12.0. The van der Waals surface area contributed by atoms with E-state index in [1.54, 1.807) is 36.4 Å². The minimum Gasteiger partial charge on any atom is -0.504 e. The molecule has 2 aromatic rings. The minimum atomic E-state index is -0.321. The fourth-order valence-electron chi connectivity index (χ4n) is 1.98. The molecule has 0 saturated carbocycles. The number of phenolic OH excluding ortho intramolecular Hbond substituents is 1. The first-order valence-electron chi connectivity index (χ1n) is 7.66. The molecule has 0 spiro atoms. The van der Waals surface area contributed by atoms with Crippen molar-refractivity contribution in [3.8, 4) is 17.2 Å². The van der Waals surface area contributed by atoms with Crippen LogP contribution in [0.4, 0.5) is 0 Å². The van der Waals surface area contributed by atoms with Crippen LogP contribution in [0.5, 0.6) is 17.2 Å². The van der Waals surface area contributed by atoms with Crippen LogP contribution in [0.15, 0.2) is 47.6 Å². The highest BCUT2D eigenvalue weighted by molar-refractivity contribution is 5.95. The first-order chi connectivity index (χ1) is 11.6. The van der Waals surface area contributed by atoms with E-state index in [0.29, 0.717) is 35.8 Å². The van der Waals surface area contributed by atoms with E-state index in [4.69, 9.17) is 9.47 Å². The van der Waals surface area contributed by atoms with E-state index in [1.165, 1.54) is 12.3 Å². The first kappa shape index (κ1) is 17.3. The van der Waals surface area contributed by atoms with Crippen molar-refractivity contribution >= 4 is 12.1 Å². The van der Waals surface area contributed by atoms with Gasteiger partial charge < -0.3 is 14.6 Å². The molecule has 0 atom stereocenters. The number of hydrogen-bond donors (Lipinski definition) is 2. The summed E-state index contributed by atoms with van der Waals surface area (Å²) in [7, 11) is 0. The Morgan fingerprint density at radius 1 is 1.12 bits per heavy atom. The highest BCUT2D eigenvalue weighted by atomic mass is 16.5. The zero-order valence-electron chi connectivity index (χ0n) is 13.7. The van der Waals surface area contributed by atoms with Gasteiger partial charge >= 0.3 is 0 Å². The number of hydrazone groups is 1. The zero-order valence-corrected chi connectivity index (χ0v) is 13.7. The Morgan fingerprint density at radius 2 is 1.83 bits per heavy atom. The number of benzene rings is 2. The van der Waals surface area contributed by atoms with Crippen molar-refractivity contribution in [2.75, 3.05) is 13.2 Å². The van der Waals surface area contributed by atoms with Crippen LogP contribution in [0.3, 0.4) is 0 Å². The maximum absolute atomic E-state index is 12.0. The number of hydrogen-bond acceptors (Lipinski definition) is 5. The second-order valence-electron chi connectivity index (χ2n) is 4.82. The molecule has 24 heavy (non-hydrogen) atoms. The predicted molar refractivity (Wildman–Crippen MR) is 91.9 cm³/mol. The zero-order chi connectivity index (χ0) is 17.4. The lowest BCUT2D eigenvalue weighted by atomic mass is 10.2. The number of nitrogens with one attached hydrogen (secondary N) is 1. The number of nitrogens with zero attached hydrogens (tertiary/aromatic N) is 1. The average molecular weight is 328 g/mol. The van der Waals surface area contributed by atoms with E-state index in [0.717, 1.165) is 0 Å². The molecule has 0 aliphatic heterocycles. The highest BCUT2D eigenvalue weighted by Gasteiger charge is 2.05. The van der Waals surface area contributed by atoms with Gasteiger partial charge in [0.15, 0.2) is 11.5 Å². The van der Waals surface area contributed by atoms with Crippen LogP contribution in [-0.2, 0) is 0 Å². The molecule has 1 amide bonds. The maximum atomic E-state index is 12.0. The quantitative estimate of drug-likeness (QED) is 0.605. The third-order valence-electron chi connectivity index (χ3n) is 3.09. The van der Waals surface area contributed by atoms with Gasteiger partial charge in [0.1, 0.15) is 5.75 Å². The Balaban J connectivity index is 1.98. The number of amides is 1. The van der Waals surface area contributed by atoms with Crippen molar-refractivity contribution in [2.45, 2.75) is 13.8 Å². The van der Waals surface area contributed by atoms with E-state index < -0.39 is 0 Å². The van der Waals surface area contributed by atoms with E-state index in [9.17, 15) is 9.90 Å². The first-order valence-corrected chi connectivity index (χ1v) is 7.66. The number of rotatable bonds is 7. The third kappa shape index (κ3) is 4.74. The van der Waals surface area contributed by atoms with Gasteiger partial charge in [0.05, 0.1) is 19.4 Å². The van der Waals surface area contributed by atoms with Gasteiger partial charge in [-0.15, -0.1) is 0 Å². The van der Waals surface area contributed by atoms with Gasteiger partial charge in [0.25, 0.3) is 5.91 Å². The Kier molecular flexibility index (Phi) is 6.19. The van der Waals surface area contributed by atoms with Crippen LogP contribution in [0.1, 0.15) is 29.8 Å². The number of ether oxygens (including phenoxy) is 2. The molecule has 0 saturated heterocycles. The normalized spacial score (nSPS) is 10.6. The van der Waals surface area contributed by atoms with Crippen molar-refractivity contribution in [1.29, 1.82) is 0 Å². The summed E-state index contributed by atoms with van der Waals surface area (Å²) < 4.78 is 10.6. The standard InChI is InChI=1S/C18H20N2O4/c1-3-23-15-8-6-14(7-9-15)18(22)20-19-12-13-5-10-16(21)17(11-13)24-4-2/h5-12,21H,3-4H2,1-2H3,(H,20,22)/b19-12+. The molecule has 0 bridgehead atoms. The topological polar surface area (TPSA) is 80.2 Å². The number of carbonyl (C=O) groups excluding carboxylic acids is 1. The van der Waals surface area contributed by atoms with E-state index in [2.05, 4.69) is 10.5 Å².